The number of guanidine groups is 1. The standard InChI is InChI=1S/C12H24N4O/c1-3-7-14-11(17)9-16-12(13-4-2)15-8-10-5-6-10/h10H,3-9H2,1-2H3,(H,14,17)(H2,13,15,16). The Labute approximate surface area is 103 Å². The number of amides is 1. The highest BCUT2D eigenvalue weighted by atomic mass is 16.1. The second kappa shape index (κ2) is 7.92. The third-order valence-corrected chi connectivity index (χ3v) is 2.55. The van der Waals surface area contributed by atoms with Crippen LogP contribution in [0.15, 0.2) is 4.99 Å². The normalized spacial score (nSPS) is 15.5. The van der Waals surface area contributed by atoms with E-state index in [2.05, 4.69) is 20.9 Å². The van der Waals surface area contributed by atoms with E-state index in [4.69, 9.17) is 0 Å². The van der Waals surface area contributed by atoms with Gasteiger partial charge in [-0.05, 0) is 32.1 Å². The van der Waals surface area contributed by atoms with Crippen LogP contribution < -0.4 is 16.0 Å². The number of nitrogens with one attached hydrogen (secondary N) is 3. The number of hydrogen-bond acceptors (Lipinski definition) is 2. The van der Waals surface area contributed by atoms with E-state index in [1.54, 1.807) is 0 Å². The largest absolute Gasteiger partial charge is 0.357 e. The van der Waals surface area contributed by atoms with E-state index in [1.165, 1.54) is 12.8 Å². The van der Waals surface area contributed by atoms with Crippen LogP contribution in [0.4, 0.5) is 0 Å². The molecule has 0 heterocycles. The zero-order valence-electron chi connectivity index (χ0n) is 10.9. The molecule has 1 amide bonds. The van der Waals surface area contributed by atoms with Gasteiger partial charge in [-0.3, -0.25) is 4.79 Å². The van der Waals surface area contributed by atoms with Gasteiger partial charge in [-0.25, -0.2) is 4.99 Å². The molecule has 5 heteroatoms. The molecule has 98 valence electrons. The van der Waals surface area contributed by atoms with Crippen molar-refractivity contribution in [1.82, 2.24) is 16.0 Å². The molecule has 0 atom stereocenters. The van der Waals surface area contributed by atoms with Gasteiger partial charge in [0, 0.05) is 19.6 Å². The molecule has 0 spiro atoms. The number of nitrogens with zero attached hydrogens (tertiary/aromatic N) is 1. The van der Waals surface area contributed by atoms with Gasteiger partial charge >= 0.3 is 0 Å². The van der Waals surface area contributed by atoms with Gasteiger partial charge in [-0.2, -0.15) is 0 Å². The predicted octanol–water partition coefficient (Wildman–Crippen LogP) is 0.478. The highest BCUT2D eigenvalue weighted by Gasteiger charge is 2.21. The fraction of sp³-hybridized carbons (Fsp3) is 0.833. The van der Waals surface area contributed by atoms with Crippen molar-refractivity contribution in [3.05, 3.63) is 0 Å². The van der Waals surface area contributed by atoms with Crippen LogP contribution in [0, 0.1) is 5.92 Å². The van der Waals surface area contributed by atoms with Crippen molar-refractivity contribution in [3.8, 4) is 0 Å². The van der Waals surface area contributed by atoms with E-state index < -0.39 is 0 Å². The minimum Gasteiger partial charge on any atom is -0.357 e. The first kappa shape index (κ1) is 13.8. The third kappa shape index (κ3) is 6.81. The quantitative estimate of drug-likeness (QED) is 0.448. The molecule has 1 rings (SSSR count). The van der Waals surface area contributed by atoms with Crippen LogP contribution in [0.5, 0.6) is 0 Å². The monoisotopic (exact) mass is 240 g/mol. The van der Waals surface area contributed by atoms with Crippen molar-refractivity contribution in [2.75, 3.05) is 26.2 Å². The Hall–Kier alpha value is -1.26. The van der Waals surface area contributed by atoms with Gasteiger partial charge in [-0.1, -0.05) is 6.92 Å². The lowest BCUT2D eigenvalue weighted by atomic mass is 10.4. The molecule has 0 unspecified atom stereocenters. The lowest BCUT2D eigenvalue weighted by molar-refractivity contribution is -0.119. The first-order valence-electron chi connectivity index (χ1n) is 6.55. The molecule has 0 aliphatic heterocycles. The average Bonchev–Trinajstić information content (AvgIpc) is 3.14. The third-order valence-electron chi connectivity index (χ3n) is 2.55. The number of rotatable bonds is 7. The highest BCUT2D eigenvalue weighted by molar-refractivity contribution is 5.84. The Morgan fingerprint density at radius 2 is 2.00 bits per heavy atom. The summed E-state index contributed by atoms with van der Waals surface area (Å²) < 4.78 is 0. The maximum Gasteiger partial charge on any atom is 0.241 e. The lowest BCUT2D eigenvalue weighted by Gasteiger charge is -2.10. The van der Waals surface area contributed by atoms with Gasteiger partial charge in [0.1, 0.15) is 6.54 Å². The van der Waals surface area contributed by atoms with Crippen LogP contribution >= 0.6 is 0 Å². The molecule has 0 bridgehead atoms. The summed E-state index contributed by atoms with van der Waals surface area (Å²) in [6.07, 6.45) is 3.57. The highest BCUT2D eigenvalue weighted by Crippen LogP contribution is 2.27. The molecule has 0 radical (unpaired) electrons. The topological polar surface area (TPSA) is 65.5 Å². The van der Waals surface area contributed by atoms with Gasteiger partial charge in [0.2, 0.25) is 5.91 Å². The predicted molar refractivity (Wildman–Crippen MR) is 70.0 cm³/mol. The SMILES string of the molecule is CCCNC(=O)CN=C(NCC)NCC1CC1. The average molecular weight is 240 g/mol. The number of carbonyl (C=O) groups excluding carboxylic acids is 1. The number of hydrogen-bond donors (Lipinski definition) is 3. The fourth-order valence-corrected chi connectivity index (χ4v) is 1.38. The summed E-state index contributed by atoms with van der Waals surface area (Å²) in [6, 6.07) is 0. The minimum absolute atomic E-state index is 0.0181. The molecule has 0 aromatic rings. The van der Waals surface area contributed by atoms with E-state index in [0.717, 1.165) is 37.9 Å². The Morgan fingerprint density at radius 1 is 1.24 bits per heavy atom. The van der Waals surface area contributed by atoms with E-state index in [1.807, 2.05) is 13.8 Å². The van der Waals surface area contributed by atoms with Crippen molar-refractivity contribution < 1.29 is 4.79 Å². The molecular weight excluding hydrogens is 216 g/mol. The number of carbonyl (C=O) groups is 1. The van der Waals surface area contributed by atoms with E-state index in [0.29, 0.717) is 0 Å². The molecule has 0 aromatic heterocycles. The zero-order valence-corrected chi connectivity index (χ0v) is 10.9. The van der Waals surface area contributed by atoms with Crippen LogP contribution in [0.3, 0.4) is 0 Å². The van der Waals surface area contributed by atoms with Gasteiger partial charge in [0.15, 0.2) is 5.96 Å². The second-order valence-electron chi connectivity index (χ2n) is 4.37. The summed E-state index contributed by atoms with van der Waals surface area (Å²) in [7, 11) is 0. The fourth-order valence-electron chi connectivity index (χ4n) is 1.38. The zero-order chi connectivity index (χ0) is 12.5. The van der Waals surface area contributed by atoms with Gasteiger partial charge in [0.05, 0.1) is 0 Å². The number of aliphatic imine (C=N–C) groups is 1. The van der Waals surface area contributed by atoms with Crippen LogP contribution in [0.2, 0.25) is 0 Å². The Balaban J connectivity index is 2.25. The van der Waals surface area contributed by atoms with Crippen molar-refractivity contribution in [2.24, 2.45) is 10.9 Å². The molecule has 0 saturated heterocycles. The molecule has 1 aliphatic carbocycles. The first-order valence-corrected chi connectivity index (χ1v) is 6.55. The lowest BCUT2D eigenvalue weighted by Crippen LogP contribution is -2.39. The molecule has 17 heavy (non-hydrogen) atoms. The van der Waals surface area contributed by atoms with Crippen LogP contribution in [-0.2, 0) is 4.79 Å². The summed E-state index contributed by atoms with van der Waals surface area (Å²) in [4.78, 5) is 15.6. The summed E-state index contributed by atoms with van der Waals surface area (Å²) >= 11 is 0. The van der Waals surface area contributed by atoms with E-state index >= 15 is 0 Å². The first-order chi connectivity index (χ1) is 8.26. The van der Waals surface area contributed by atoms with Crippen molar-refractivity contribution >= 4 is 11.9 Å². The molecule has 5 nitrogen and oxygen atoms in total. The van der Waals surface area contributed by atoms with E-state index in [9.17, 15) is 4.79 Å². The summed E-state index contributed by atoms with van der Waals surface area (Å²) in [6.45, 7) is 6.74. The smallest absolute Gasteiger partial charge is 0.241 e. The molecule has 1 fully saturated rings. The second-order valence-corrected chi connectivity index (χ2v) is 4.37. The molecule has 1 aliphatic rings. The molecule has 0 aromatic carbocycles. The Morgan fingerprint density at radius 3 is 2.59 bits per heavy atom. The van der Waals surface area contributed by atoms with E-state index in [-0.39, 0.29) is 12.5 Å². The summed E-state index contributed by atoms with van der Waals surface area (Å²) in [5.41, 5.74) is 0. The Kier molecular flexibility index (Phi) is 6.43. The molecule has 1 saturated carbocycles. The maximum absolute atomic E-state index is 11.4. The van der Waals surface area contributed by atoms with Crippen LogP contribution in [0.25, 0.3) is 0 Å². The van der Waals surface area contributed by atoms with Gasteiger partial charge in [-0.15, -0.1) is 0 Å². The van der Waals surface area contributed by atoms with Crippen molar-refractivity contribution in [1.29, 1.82) is 0 Å². The van der Waals surface area contributed by atoms with Crippen molar-refractivity contribution in [2.45, 2.75) is 33.1 Å². The van der Waals surface area contributed by atoms with Crippen LogP contribution in [-0.4, -0.2) is 38.0 Å². The van der Waals surface area contributed by atoms with Gasteiger partial charge in [0.25, 0.3) is 0 Å². The Bertz CT molecular complexity index is 261. The van der Waals surface area contributed by atoms with Crippen molar-refractivity contribution in [3.63, 3.8) is 0 Å². The summed E-state index contributed by atoms with van der Waals surface area (Å²) in [5, 5.41) is 9.19. The maximum atomic E-state index is 11.4. The molecule has 3 N–H and O–H groups in total. The van der Waals surface area contributed by atoms with Crippen LogP contribution in [0.1, 0.15) is 33.1 Å². The molecular formula is C12H24N4O. The minimum atomic E-state index is -0.0181. The summed E-state index contributed by atoms with van der Waals surface area (Å²) in [5.74, 6) is 1.52. The van der Waals surface area contributed by atoms with Gasteiger partial charge < -0.3 is 16.0 Å².